The van der Waals surface area contributed by atoms with Crippen molar-refractivity contribution in [2.75, 3.05) is 0 Å². The average Bonchev–Trinajstić information content (AvgIpc) is 2.23. The minimum atomic E-state index is -0.789. The van der Waals surface area contributed by atoms with Crippen LogP contribution in [0.15, 0.2) is 0 Å². The van der Waals surface area contributed by atoms with Crippen molar-refractivity contribution in [3.8, 4) is 0 Å². The van der Waals surface area contributed by atoms with Gasteiger partial charge in [-0.25, -0.2) is 4.79 Å². The first kappa shape index (κ1) is 11.5. The molecule has 0 aromatic carbocycles. The monoisotopic (exact) mass is 238 g/mol. The van der Waals surface area contributed by atoms with Crippen molar-refractivity contribution in [2.45, 2.75) is 63.6 Å². The summed E-state index contributed by atoms with van der Waals surface area (Å²) in [4.78, 5) is 11.1. The molecule has 1 N–H and O–H groups in total. The van der Waals surface area contributed by atoms with Gasteiger partial charge in [-0.15, -0.1) is 0 Å². The van der Waals surface area contributed by atoms with Crippen molar-refractivity contribution in [1.29, 1.82) is 0 Å². The summed E-state index contributed by atoms with van der Waals surface area (Å²) < 4.78 is 6.06. The van der Waals surface area contributed by atoms with Crippen LogP contribution in [0.2, 0.25) is 0 Å². The summed E-state index contributed by atoms with van der Waals surface area (Å²) in [7, 11) is 0. The molecule has 4 rings (SSSR count). The Hall–Kier alpha value is -0.570. The highest BCUT2D eigenvalue weighted by Gasteiger charge is 2.52. The lowest BCUT2D eigenvalue weighted by atomic mass is 9.54. The predicted octanol–water partition coefficient (Wildman–Crippen LogP) is 2.84. The molecule has 0 aromatic rings. The van der Waals surface area contributed by atoms with Gasteiger partial charge in [0, 0.05) is 0 Å². The molecule has 0 radical (unpaired) electrons. The summed E-state index contributed by atoms with van der Waals surface area (Å²) >= 11 is 0. The van der Waals surface area contributed by atoms with E-state index in [1.807, 2.05) is 6.92 Å². The summed E-state index contributed by atoms with van der Waals surface area (Å²) in [5.74, 6) is 1.65. The van der Waals surface area contributed by atoms with Gasteiger partial charge in [0.05, 0.1) is 5.60 Å². The smallest absolute Gasteiger partial charge is 0.332 e. The van der Waals surface area contributed by atoms with E-state index < -0.39 is 12.1 Å². The van der Waals surface area contributed by atoms with E-state index >= 15 is 0 Å². The Labute approximate surface area is 103 Å². The van der Waals surface area contributed by atoms with Crippen LogP contribution in [0, 0.1) is 17.8 Å². The zero-order valence-corrected chi connectivity index (χ0v) is 10.5. The highest BCUT2D eigenvalue weighted by molar-refractivity contribution is 5.72. The minimum Gasteiger partial charge on any atom is -0.479 e. The minimum absolute atomic E-state index is 0.0756. The quantitative estimate of drug-likeness (QED) is 0.819. The van der Waals surface area contributed by atoms with Gasteiger partial charge in [0.25, 0.3) is 0 Å². The zero-order valence-electron chi connectivity index (χ0n) is 10.5. The van der Waals surface area contributed by atoms with Crippen molar-refractivity contribution in [3.05, 3.63) is 0 Å². The van der Waals surface area contributed by atoms with E-state index in [4.69, 9.17) is 9.84 Å². The van der Waals surface area contributed by atoms with Crippen LogP contribution in [0.4, 0.5) is 0 Å². The lowest BCUT2D eigenvalue weighted by Crippen LogP contribution is -2.54. The van der Waals surface area contributed by atoms with Gasteiger partial charge in [-0.2, -0.15) is 0 Å². The molecule has 4 fully saturated rings. The maximum Gasteiger partial charge on any atom is 0.332 e. The number of rotatable bonds is 4. The molecule has 4 saturated carbocycles. The lowest BCUT2D eigenvalue weighted by Gasteiger charge is -2.56. The molecule has 1 atom stereocenters. The summed E-state index contributed by atoms with van der Waals surface area (Å²) in [5, 5.41) is 9.15. The molecule has 4 aliphatic rings. The molecule has 96 valence electrons. The first-order chi connectivity index (χ1) is 8.10. The Balaban J connectivity index is 1.75. The third-order valence-electron chi connectivity index (χ3n) is 5.02. The van der Waals surface area contributed by atoms with Gasteiger partial charge in [-0.05, 0) is 62.7 Å². The first-order valence-corrected chi connectivity index (χ1v) is 7.01. The Morgan fingerprint density at radius 2 is 1.71 bits per heavy atom. The van der Waals surface area contributed by atoms with Gasteiger partial charge >= 0.3 is 5.97 Å². The van der Waals surface area contributed by atoms with Crippen LogP contribution in [-0.4, -0.2) is 22.8 Å². The molecule has 0 heterocycles. The Morgan fingerprint density at radius 1 is 1.24 bits per heavy atom. The van der Waals surface area contributed by atoms with E-state index in [0.29, 0.717) is 6.42 Å². The normalized spacial score (nSPS) is 44.9. The van der Waals surface area contributed by atoms with Gasteiger partial charge in [0.15, 0.2) is 6.10 Å². The van der Waals surface area contributed by atoms with Crippen molar-refractivity contribution in [1.82, 2.24) is 0 Å². The lowest BCUT2D eigenvalue weighted by molar-refractivity contribution is -0.200. The van der Waals surface area contributed by atoms with Gasteiger partial charge in [-0.1, -0.05) is 6.92 Å². The second-order valence-electron chi connectivity index (χ2n) is 6.45. The fraction of sp³-hybridized carbons (Fsp3) is 0.929. The highest BCUT2D eigenvalue weighted by atomic mass is 16.5. The molecule has 3 heteroatoms. The number of carboxylic acids is 1. The van der Waals surface area contributed by atoms with Crippen LogP contribution in [0.25, 0.3) is 0 Å². The van der Waals surface area contributed by atoms with Crippen molar-refractivity contribution >= 4 is 5.97 Å². The number of hydrogen-bond donors (Lipinski definition) is 1. The Kier molecular flexibility index (Phi) is 2.69. The summed E-state index contributed by atoms with van der Waals surface area (Å²) in [6.45, 7) is 1.90. The Bertz CT molecular complexity index is 288. The fourth-order valence-corrected chi connectivity index (χ4v) is 4.79. The molecular weight excluding hydrogens is 216 g/mol. The molecule has 4 bridgehead atoms. The molecule has 3 nitrogen and oxygen atoms in total. The summed E-state index contributed by atoms with van der Waals surface area (Å²) in [6, 6.07) is 0. The molecule has 0 saturated heterocycles. The molecule has 0 aliphatic heterocycles. The van der Waals surface area contributed by atoms with Crippen LogP contribution >= 0.6 is 0 Å². The van der Waals surface area contributed by atoms with Crippen molar-refractivity contribution < 1.29 is 14.6 Å². The highest BCUT2D eigenvalue weighted by Crippen LogP contribution is 2.57. The molecule has 0 spiro atoms. The van der Waals surface area contributed by atoms with Crippen LogP contribution < -0.4 is 0 Å². The van der Waals surface area contributed by atoms with E-state index in [1.165, 1.54) is 19.3 Å². The Morgan fingerprint density at radius 3 is 2.06 bits per heavy atom. The predicted molar refractivity (Wildman–Crippen MR) is 63.7 cm³/mol. The van der Waals surface area contributed by atoms with E-state index in [9.17, 15) is 4.79 Å². The van der Waals surface area contributed by atoms with Crippen LogP contribution in [0.1, 0.15) is 51.9 Å². The fourth-order valence-electron chi connectivity index (χ4n) is 4.79. The van der Waals surface area contributed by atoms with Gasteiger partial charge < -0.3 is 9.84 Å². The topological polar surface area (TPSA) is 46.5 Å². The molecule has 4 aliphatic carbocycles. The van der Waals surface area contributed by atoms with E-state index in [1.54, 1.807) is 0 Å². The third kappa shape index (κ3) is 1.99. The van der Waals surface area contributed by atoms with Crippen LogP contribution in [0.3, 0.4) is 0 Å². The molecule has 0 amide bonds. The van der Waals surface area contributed by atoms with Crippen molar-refractivity contribution in [2.24, 2.45) is 17.8 Å². The molecule has 0 aromatic heterocycles. The summed E-state index contributed by atoms with van der Waals surface area (Å²) in [6.07, 6.45) is 7.43. The van der Waals surface area contributed by atoms with Crippen LogP contribution in [0.5, 0.6) is 0 Å². The number of hydrogen-bond acceptors (Lipinski definition) is 2. The van der Waals surface area contributed by atoms with E-state index in [-0.39, 0.29) is 5.60 Å². The van der Waals surface area contributed by atoms with Gasteiger partial charge in [0.2, 0.25) is 0 Å². The second kappa shape index (κ2) is 3.98. The van der Waals surface area contributed by atoms with E-state index in [0.717, 1.165) is 37.0 Å². The number of carbonyl (C=O) groups is 1. The zero-order chi connectivity index (χ0) is 12.0. The maximum atomic E-state index is 11.1. The molecule has 1 unspecified atom stereocenters. The number of ether oxygens (including phenoxy) is 1. The standard InChI is InChI=1S/C14H22O3/c1-2-12(13(15)16)17-14-6-9-3-10(7-14)5-11(4-9)8-14/h9-12H,2-8H2,1H3,(H,15,16). The van der Waals surface area contributed by atoms with Gasteiger partial charge in [-0.3, -0.25) is 0 Å². The number of carboxylic acid groups (broad SMARTS) is 1. The molecular formula is C14H22O3. The average molecular weight is 238 g/mol. The third-order valence-corrected chi connectivity index (χ3v) is 5.02. The van der Waals surface area contributed by atoms with Crippen molar-refractivity contribution in [3.63, 3.8) is 0 Å². The number of aliphatic carboxylic acids is 1. The second-order valence-corrected chi connectivity index (χ2v) is 6.45. The first-order valence-electron chi connectivity index (χ1n) is 7.01. The SMILES string of the molecule is CCC(OC12CC3CC(CC(C3)C1)C2)C(=O)O. The maximum absolute atomic E-state index is 11.1. The van der Waals surface area contributed by atoms with Crippen LogP contribution in [-0.2, 0) is 9.53 Å². The van der Waals surface area contributed by atoms with E-state index in [2.05, 4.69) is 0 Å². The largest absolute Gasteiger partial charge is 0.479 e. The molecule has 17 heavy (non-hydrogen) atoms. The van der Waals surface area contributed by atoms with Gasteiger partial charge in [0.1, 0.15) is 0 Å². The summed E-state index contributed by atoms with van der Waals surface area (Å²) in [5.41, 5.74) is -0.0756.